The average molecular weight is 356 g/mol. The molecule has 5 heteroatoms. The molecule has 0 aromatic heterocycles. The molecular weight excluding hydrogens is 331 g/mol. The monoisotopic (exact) mass is 356 g/mol. The van der Waals surface area contributed by atoms with Gasteiger partial charge in [-0.2, -0.15) is 0 Å². The van der Waals surface area contributed by atoms with E-state index in [-0.39, 0.29) is 36.4 Å². The Bertz CT molecular complexity index is 740. The predicted molar refractivity (Wildman–Crippen MR) is 101 cm³/mol. The lowest BCUT2D eigenvalue weighted by atomic mass is 10.0. The van der Waals surface area contributed by atoms with E-state index in [2.05, 4.69) is 5.32 Å². The summed E-state index contributed by atoms with van der Waals surface area (Å²) in [5, 5.41) is 2.87. The zero-order valence-electron chi connectivity index (χ0n) is 15.5. The van der Waals surface area contributed by atoms with Gasteiger partial charge in [0.1, 0.15) is 5.82 Å². The van der Waals surface area contributed by atoms with Crippen molar-refractivity contribution in [2.24, 2.45) is 0 Å². The van der Waals surface area contributed by atoms with E-state index < -0.39 is 0 Å². The second-order valence-corrected chi connectivity index (χ2v) is 6.62. The third kappa shape index (κ3) is 5.77. The van der Waals surface area contributed by atoms with Gasteiger partial charge in [-0.15, -0.1) is 0 Å². The van der Waals surface area contributed by atoms with Gasteiger partial charge in [-0.25, -0.2) is 4.39 Å². The molecule has 2 aromatic rings. The first-order chi connectivity index (χ1) is 12.4. The van der Waals surface area contributed by atoms with Crippen LogP contribution >= 0.6 is 0 Å². The Balaban J connectivity index is 1.85. The van der Waals surface area contributed by atoms with E-state index in [1.165, 1.54) is 12.1 Å². The number of nitrogens with one attached hydrogen (secondary N) is 1. The fraction of sp³-hybridized carbons (Fsp3) is 0.333. The summed E-state index contributed by atoms with van der Waals surface area (Å²) in [4.78, 5) is 26.2. The lowest BCUT2D eigenvalue weighted by Gasteiger charge is -2.25. The van der Waals surface area contributed by atoms with Gasteiger partial charge < -0.3 is 10.2 Å². The van der Waals surface area contributed by atoms with Crippen molar-refractivity contribution >= 4 is 11.7 Å². The highest BCUT2D eigenvalue weighted by Gasteiger charge is 2.16. The molecule has 0 aliphatic rings. The van der Waals surface area contributed by atoms with Crippen molar-refractivity contribution in [2.75, 3.05) is 20.6 Å². The van der Waals surface area contributed by atoms with Crippen LogP contribution in [0.4, 0.5) is 4.39 Å². The molecular formula is C21H25FN2O2. The highest BCUT2D eigenvalue weighted by atomic mass is 19.1. The molecule has 2 rings (SSSR count). The molecule has 0 fully saturated rings. The van der Waals surface area contributed by atoms with Crippen LogP contribution in [-0.2, 0) is 4.79 Å². The molecule has 0 spiro atoms. The Morgan fingerprint density at radius 1 is 1.00 bits per heavy atom. The van der Waals surface area contributed by atoms with Crippen LogP contribution in [0.5, 0.6) is 0 Å². The second-order valence-electron chi connectivity index (χ2n) is 6.62. The van der Waals surface area contributed by atoms with Gasteiger partial charge in [0.15, 0.2) is 5.78 Å². The molecule has 4 nitrogen and oxygen atoms in total. The molecule has 138 valence electrons. The van der Waals surface area contributed by atoms with E-state index in [0.717, 1.165) is 11.1 Å². The van der Waals surface area contributed by atoms with Gasteiger partial charge in [-0.05, 0) is 38.7 Å². The molecule has 1 N–H and O–H groups in total. The highest BCUT2D eigenvalue weighted by Crippen LogP contribution is 2.18. The molecule has 0 radical (unpaired) electrons. The number of amides is 1. The van der Waals surface area contributed by atoms with Crippen molar-refractivity contribution in [1.82, 2.24) is 10.2 Å². The fourth-order valence-corrected chi connectivity index (χ4v) is 2.69. The number of aryl methyl sites for hydroxylation is 1. The molecule has 26 heavy (non-hydrogen) atoms. The number of hydrogen-bond donors (Lipinski definition) is 1. The number of benzene rings is 2. The number of carbonyl (C=O) groups is 2. The van der Waals surface area contributed by atoms with E-state index in [0.29, 0.717) is 12.1 Å². The lowest BCUT2D eigenvalue weighted by molar-refractivity contribution is -0.121. The molecule has 0 bridgehead atoms. The summed E-state index contributed by atoms with van der Waals surface area (Å²) >= 11 is 0. The van der Waals surface area contributed by atoms with E-state index in [1.54, 1.807) is 24.3 Å². The van der Waals surface area contributed by atoms with Crippen LogP contribution in [0.2, 0.25) is 0 Å². The maximum absolute atomic E-state index is 13.1. The summed E-state index contributed by atoms with van der Waals surface area (Å²) in [7, 11) is 3.81. The Morgan fingerprint density at radius 2 is 1.62 bits per heavy atom. The van der Waals surface area contributed by atoms with Crippen LogP contribution in [0.15, 0.2) is 48.5 Å². The first kappa shape index (κ1) is 19.8. The average Bonchev–Trinajstić information content (AvgIpc) is 2.61. The van der Waals surface area contributed by atoms with Crippen molar-refractivity contribution in [1.29, 1.82) is 0 Å². The van der Waals surface area contributed by atoms with Crippen LogP contribution in [-0.4, -0.2) is 37.2 Å². The van der Waals surface area contributed by atoms with Gasteiger partial charge in [-0.1, -0.05) is 42.0 Å². The van der Waals surface area contributed by atoms with Crippen molar-refractivity contribution < 1.29 is 14.0 Å². The van der Waals surface area contributed by atoms with Crippen molar-refractivity contribution in [2.45, 2.75) is 25.8 Å². The van der Waals surface area contributed by atoms with Gasteiger partial charge in [0.2, 0.25) is 5.91 Å². The van der Waals surface area contributed by atoms with Crippen molar-refractivity contribution in [3.63, 3.8) is 0 Å². The SMILES string of the molecule is Cc1ccc(C(=O)CCC(=O)NCC(c2ccc(F)cc2)N(C)C)cc1. The largest absolute Gasteiger partial charge is 0.354 e. The fourth-order valence-electron chi connectivity index (χ4n) is 2.69. The summed E-state index contributed by atoms with van der Waals surface area (Å²) in [6.45, 7) is 2.36. The minimum atomic E-state index is -0.287. The zero-order chi connectivity index (χ0) is 19.1. The summed E-state index contributed by atoms with van der Waals surface area (Å²) in [5.41, 5.74) is 2.64. The molecule has 0 aliphatic heterocycles. The third-order valence-corrected chi connectivity index (χ3v) is 4.32. The first-order valence-electron chi connectivity index (χ1n) is 8.65. The van der Waals surface area contributed by atoms with Crippen molar-refractivity contribution in [3.05, 3.63) is 71.0 Å². The van der Waals surface area contributed by atoms with Crippen molar-refractivity contribution in [3.8, 4) is 0 Å². The van der Waals surface area contributed by atoms with Gasteiger partial charge in [-0.3, -0.25) is 9.59 Å². The Kier molecular flexibility index (Phi) is 7.04. The molecule has 0 aliphatic carbocycles. The number of carbonyl (C=O) groups excluding carboxylic acids is 2. The number of ketones is 1. The maximum atomic E-state index is 13.1. The van der Waals surface area contributed by atoms with Gasteiger partial charge in [0.05, 0.1) is 6.04 Å². The number of Topliss-reactive ketones (excluding diaryl/α,β-unsaturated/α-hetero) is 1. The number of rotatable bonds is 8. The topological polar surface area (TPSA) is 49.4 Å². The van der Waals surface area contributed by atoms with Crippen LogP contribution in [0, 0.1) is 12.7 Å². The maximum Gasteiger partial charge on any atom is 0.220 e. The third-order valence-electron chi connectivity index (χ3n) is 4.32. The molecule has 0 heterocycles. The minimum Gasteiger partial charge on any atom is -0.354 e. The van der Waals surface area contributed by atoms with E-state index in [9.17, 15) is 14.0 Å². The molecule has 0 saturated heterocycles. The van der Waals surface area contributed by atoms with Crippen LogP contribution in [0.3, 0.4) is 0 Å². The number of hydrogen-bond acceptors (Lipinski definition) is 3. The summed E-state index contributed by atoms with van der Waals surface area (Å²) in [6.07, 6.45) is 0.328. The minimum absolute atomic E-state index is 0.0390. The van der Waals surface area contributed by atoms with Gasteiger partial charge in [0.25, 0.3) is 0 Å². The smallest absolute Gasteiger partial charge is 0.220 e. The number of nitrogens with zero attached hydrogens (tertiary/aromatic N) is 1. The molecule has 1 amide bonds. The van der Waals surface area contributed by atoms with Crippen LogP contribution < -0.4 is 5.32 Å². The van der Waals surface area contributed by atoms with Crippen LogP contribution in [0.1, 0.15) is 40.4 Å². The molecule has 1 atom stereocenters. The van der Waals surface area contributed by atoms with E-state index in [1.807, 2.05) is 38.1 Å². The van der Waals surface area contributed by atoms with Gasteiger partial charge >= 0.3 is 0 Å². The standard InChI is InChI=1S/C21H25FN2O2/c1-15-4-6-17(7-5-15)20(25)12-13-21(26)23-14-19(24(2)3)16-8-10-18(22)11-9-16/h4-11,19H,12-14H2,1-3H3,(H,23,26). The quantitative estimate of drug-likeness (QED) is 0.737. The summed E-state index contributed by atoms with van der Waals surface area (Å²) in [5.74, 6) is -0.493. The van der Waals surface area contributed by atoms with Gasteiger partial charge in [0, 0.05) is 24.9 Å². The Morgan fingerprint density at radius 3 is 2.19 bits per heavy atom. The Hall–Kier alpha value is -2.53. The second kappa shape index (κ2) is 9.25. The normalized spacial score (nSPS) is 12.0. The summed E-state index contributed by atoms with van der Waals surface area (Å²) in [6, 6.07) is 13.5. The predicted octanol–water partition coefficient (Wildman–Crippen LogP) is 3.52. The lowest BCUT2D eigenvalue weighted by Crippen LogP contribution is -2.34. The zero-order valence-corrected chi connectivity index (χ0v) is 15.5. The Labute approximate surface area is 154 Å². The number of likely N-dealkylation sites (N-methyl/N-ethyl adjacent to an activating group) is 1. The summed E-state index contributed by atoms with van der Waals surface area (Å²) < 4.78 is 13.1. The van der Waals surface area contributed by atoms with E-state index >= 15 is 0 Å². The van der Waals surface area contributed by atoms with E-state index in [4.69, 9.17) is 0 Å². The molecule has 1 unspecified atom stereocenters. The first-order valence-corrected chi connectivity index (χ1v) is 8.65. The van der Waals surface area contributed by atoms with Crippen LogP contribution in [0.25, 0.3) is 0 Å². The molecule has 0 saturated carbocycles. The highest BCUT2D eigenvalue weighted by molar-refractivity contribution is 5.97. The molecule has 2 aromatic carbocycles. The number of halogens is 1.